The van der Waals surface area contributed by atoms with E-state index in [1.54, 1.807) is 7.11 Å². The Hall–Kier alpha value is -1.85. The van der Waals surface area contributed by atoms with Crippen LogP contribution in [0.1, 0.15) is 34.9 Å². The van der Waals surface area contributed by atoms with Crippen LogP contribution in [0.5, 0.6) is 5.75 Å². The smallest absolute Gasteiger partial charge is 0.208 e. The summed E-state index contributed by atoms with van der Waals surface area (Å²) in [6, 6.07) is 6.87. The van der Waals surface area contributed by atoms with E-state index in [1.807, 2.05) is 13.8 Å². The van der Waals surface area contributed by atoms with Gasteiger partial charge in [0.05, 0.1) is 19.3 Å². The summed E-state index contributed by atoms with van der Waals surface area (Å²) >= 11 is 0. The van der Waals surface area contributed by atoms with Crippen molar-refractivity contribution in [3.05, 3.63) is 46.7 Å². The Morgan fingerprint density at radius 1 is 1.28 bits per heavy atom. The van der Waals surface area contributed by atoms with Crippen molar-refractivity contribution in [3.63, 3.8) is 0 Å². The normalized spacial score (nSPS) is 18.2. The summed E-state index contributed by atoms with van der Waals surface area (Å²) in [5.74, 6) is 2.66. The van der Waals surface area contributed by atoms with E-state index >= 15 is 0 Å². The molecule has 1 saturated heterocycles. The van der Waals surface area contributed by atoms with Gasteiger partial charge in [-0.05, 0) is 46.9 Å². The highest BCUT2D eigenvalue weighted by Crippen LogP contribution is 2.26. The predicted molar refractivity (Wildman–Crippen MR) is 98.9 cm³/mol. The maximum Gasteiger partial charge on any atom is 0.208 e. The summed E-state index contributed by atoms with van der Waals surface area (Å²) < 4.78 is 11.4. The van der Waals surface area contributed by atoms with Gasteiger partial charge >= 0.3 is 0 Å². The second-order valence-electron chi connectivity index (χ2n) is 7.17. The molecule has 0 unspecified atom stereocenters. The van der Waals surface area contributed by atoms with Crippen molar-refractivity contribution in [2.75, 3.05) is 27.2 Å². The van der Waals surface area contributed by atoms with Crippen LogP contribution in [0.25, 0.3) is 0 Å². The van der Waals surface area contributed by atoms with Gasteiger partial charge in [0, 0.05) is 24.7 Å². The third kappa shape index (κ3) is 4.22. The van der Waals surface area contributed by atoms with Crippen LogP contribution in [0.15, 0.2) is 22.6 Å². The monoisotopic (exact) mass is 343 g/mol. The van der Waals surface area contributed by atoms with E-state index in [9.17, 15) is 0 Å². The molecule has 1 aliphatic heterocycles. The fourth-order valence-electron chi connectivity index (χ4n) is 3.55. The Morgan fingerprint density at radius 2 is 2.08 bits per heavy atom. The summed E-state index contributed by atoms with van der Waals surface area (Å²) in [5, 5.41) is 0. The van der Waals surface area contributed by atoms with Crippen molar-refractivity contribution in [3.8, 4) is 5.75 Å². The molecule has 0 spiro atoms. The number of hydrogen-bond donors (Lipinski definition) is 0. The molecule has 0 N–H and O–H groups in total. The molecule has 25 heavy (non-hydrogen) atoms. The highest BCUT2D eigenvalue weighted by molar-refractivity contribution is 5.36. The molecule has 3 rings (SSSR count). The molecule has 136 valence electrons. The number of aromatic nitrogens is 1. The first-order chi connectivity index (χ1) is 12.0. The highest BCUT2D eigenvalue weighted by Gasteiger charge is 2.28. The van der Waals surface area contributed by atoms with E-state index in [-0.39, 0.29) is 0 Å². The molecule has 0 aliphatic carbocycles. The van der Waals surface area contributed by atoms with Gasteiger partial charge in [0.25, 0.3) is 0 Å². The minimum atomic E-state index is 0.503. The number of rotatable bonds is 6. The van der Waals surface area contributed by atoms with E-state index < -0.39 is 0 Å². The zero-order valence-corrected chi connectivity index (χ0v) is 16.0. The molecule has 1 aliphatic rings. The van der Waals surface area contributed by atoms with Crippen LogP contribution in [-0.2, 0) is 13.1 Å². The van der Waals surface area contributed by atoms with Crippen molar-refractivity contribution in [2.24, 2.45) is 0 Å². The largest absolute Gasteiger partial charge is 0.496 e. The molecule has 2 heterocycles. The van der Waals surface area contributed by atoms with E-state index in [0.29, 0.717) is 6.04 Å². The van der Waals surface area contributed by atoms with Crippen LogP contribution in [0.3, 0.4) is 0 Å². The van der Waals surface area contributed by atoms with Gasteiger partial charge in [0.15, 0.2) is 0 Å². The minimum absolute atomic E-state index is 0.503. The maximum absolute atomic E-state index is 5.85. The second-order valence-corrected chi connectivity index (χ2v) is 7.17. The first kappa shape index (κ1) is 18.0. The number of likely N-dealkylation sites (N-methyl/N-ethyl adjacent to an activating group) is 1. The average Bonchev–Trinajstić information content (AvgIpc) is 3.13. The summed E-state index contributed by atoms with van der Waals surface area (Å²) in [5.41, 5.74) is 3.45. The number of methoxy groups -OCH3 is 1. The number of ether oxygens (including phenoxy) is 1. The molecule has 0 radical (unpaired) electrons. The molecule has 5 heteroatoms. The molecular weight excluding hydrogens is 314 g/mol. The standard InChI is InChI=1S/C20H29N3O2/c1-14-6-7-19(24-5)17(10-14)11-23(18-8-9-22(4)12-18)13-20-21-15(2)16(3)25-20/h6-7,10,18H,8-9,11-13H2,1-5H3/t18-/m0/s1. The lowest BCUT2D eigenvalue weighted by molar-refractivity contribution is 0.161. The van der Waals surface area contributed by atoms with Crippen molar-refractivity contribution in [2.45, 2.75) is 46.3 Å². The minimum Gasteiger partial charge on any atom is -0.496 e. The van der Waals surface area contributed by atoms with Gasteiger partial charge in [-0.2, -0.15) is 0 Å². The molecule has 0 bridgehead atoms. The molecule has 5 nitrogen and oxygen atoms in total. The Kier molecular flexibility index (Phi) is 5.45. The van der Waals surface area contributed by atoms with Crippen molar-refractivity contribution >= 4 is 0 Å². The quantitative estimate of drug-likeness (QED) is 0.805. The third-order valence-electron chi connectivity index (χ3n) is 5.10. The van der Waals surface area contributed by atoms with Crippen LogP contribution in [0, 0.1) is 20.8 Å². The van der Waals surface area contributed by atoms with Crippen LogP contribution < -0.4 is 4.74 Å². The lowest BCUT2D eigenvalue weighted by atomic mass is 10.1. The van der Waals surface area contributed by atoms with E-state index in [1.165, 1.54) is 17.5 Å². The lowest BCUT2D eigenvalue weighted by Crippen LogP contribution is -2.36. The van der Waals surface area contributed by atoms with E-state index in [4.69, 9.17) is 9.15 Å². The number of benzene rings is 1. The first-order valence-electron chi connectivity index (χ1n) is 8.95. The van der Waals surface area contributed by atoms with Crippen LogP contribution >= 0.6 is 0 Å². The summed E-state index contributed by atoms with van der Waals surface area (Å²) in [6.07, 6.45) is 1.17. The topological polar surface area (TPSA) is 41.7 Å². The van der Waals surface area contributed by atoms with E-state index in [2.05, 4.69) is 47.0 Å². The number of nitrogens with zero attached hydrogens (tertiary/aromatic N) is 3. The van der Waals surface area contributed by atoms with E-state index in [0.717, 1.165) is 49.3 Å². The van der Waals surface area contributed by atoms with Gasteiger partial charge in [0.1, 0.15) is 11.5 Å². The number of oxazole rings is 1. The Balaban J connectivity index is 1.84. The van der Waals surface area contributed by atoms with Crippen molar-refractivity contribution in [1.82, 2.24) is 14.8 Å². The molecular formula is C20H29N3O2. The third-order valence-corrected chi connectivity index (χ3v) is 5.10. The van der Waals surface area contributed by atoms with Gasteiger partial charge < -0.3 is 14.1 Å². The van der Waals surface area contributed by atoms with Crippen LogP contribution in [0.2, 0.25) is 0 Å². The molecule has 2 aromatic rings. The fourth-order valence-corrected chi connectivity index (χ4v) is 3.55. The van der Waals surface area contributed by atoms with Gasteiger partial charge in [-0.3, -0.25) is 4.90 Å². The molecule has 1 fully saturated rings. The number of hydrogen-bond acceptors (Lipinski definition) is 5. The van der Waals surface area contributed by atoms with Crippen molar-refractivity contribution < 1.29 is 9.15 Å². The maximum atomic E-state index is 5.85. The highest BCUT2D eigenvalue weighted by atomic mass is 16.5. The molecule has 1 atom stereocenters. The Morgan fingerprint density at radius 3 is 2.68 bits per heavy atom. The number of aryl methyl sites for hydroxylation is 3. The fraction of sp³-hybridized carbons (Fsp3) is 0.550. The first-order valence-corrected chi connectivity index (χ1v) is 8.95. The lowest BCUT2D eigenvalue weighted by Gasteiger charge is -2.28. The SMILES string of the molecule is COc1ccc(C)cc1CN(Cc1nc(C)c(C)o1)[C@H]1CCN(C)C1. The zero-order chi connectivity index (χ0) is 18.0. The van der Waals surface area contributed by atoms with Crippen molar-refractivity contribution in [1.29, 1.82) is 0 Å². The molecule has 0 saturated carbocycles. The molecule has 1 aromatic carbocycles. The summed E-state index contributed by atoms with van der Waals surface area (Å²) in [7, 11) is 3.92. The second kappa shape index (κ2) is 7.58. The Labute approximate surface area is 150 Å². The van der Waals surface area contributed by atoms with Crippen LogP contribution in [-0.4, -0.2) is 48.1 Å². The average molecular weight is 343 g/mol. The zero-order valence-electron chi connectivity index (χ0n) is 16.0. The van der Waals surface area contributed by atoms with Gasteiger partial charge in [-0.15, -0.1) is 0 Å². The number of likely N-dealkylation sites (tertiary alicyclic amines) is 1. The summed E-state index contributed by atoms with van der Waals surface area (Å²) in [4.78, 5) is 9.45. The van der Waals surface area contributed by atoms with Gasteiger partial charge in [0.2, 0.25) is 5.89 Å². The van der Waals surface area contributed by atoms with Crippen LogP contribution in [0.4, 0.5) is 0 Å². The van der Waals surface area contributed by atoms with Gasteiger partial charge in [-0.1, -0.05) is 17.7 Å². The predicted octanol–water partition coefficient (Wildman–Crippen LogP) is 3.31. The summed E-state index contributed by atoms with van der Waals surface area (Å²) in [6.45, 7) is 9.87. The Bertz CT molecular complexity index is 706. The molecule has 0 amide bonds. The molecule has 1 aromatic heterocycles. The van der Waals surface area contributed by atoms with Gasteiger partial charge in [-0.25, -0.2) is 4.98 Å².